The first kappa shape index (κ1) is 12.0. The van der Waals surface area contributed by atoms with E-state index in [2.05, 4.69) is 6.58 Å². The Bertz CT molecular complexity index is 403. The second-order valence-corrected chi connectivity index (χ2v) is 3.99. The molecule has 3 atom stereocenters. The third-order valence-corrected chi connectivity index (χ3v) is 2.82. The molecule has 0 radical (unpaired) electrons. The lowest BCUT2D eigenvalue weighted by Gasteiger charge is -2.27. The van der Waals surface area contributed by atoms with Gasteiger partial charge in [0.15, 0.2) is 12.0 Å². The average molecular weight is 239 g/mol. The maximum Gasteiger partial charge on any atom is 0.236 e. The summed E-state index contributed by atoms with van der Waals surface area (Å²) in [5.41, 5.74) is 0.302. The summed E-state index contributed by atoms with van der Waals surface area (Å²) < 4.78 is 5.32. The van der Waals surface area contributed by atoms with E-state index in [0.29, 0.717) is 5.57 Å². The molecule has 1 fully saturated rings. The van der Waals surface area contributed by atoms with Crippen molar-refractivity contribution in [1.82, 2.24) is 4.90 Å². The number of carbonyl (C=O) groups is 2. The molecule has 17 heavy (non-hydrogen) atoms. The van der Waals surface area contributed by atoms with Gasteiger partial charge in [0.05, 0.1) is 13.0 Å². The van der Waals surface area contributed by atoms with Crippen LogP contribution in [0.1, 0.15) is 6.42 Å². The summed E-state index contributed by atoms with van der Waals surface area (Å²) in [7, 11) is 0. The molecule has 1 amide bonds. The van der Waals surface area contributed by atoms with Gasteiger partial charge in [0.1, 0.15) is 12.2 Å². The molecule has 0 unspecified atom stereocenters. The fourth-order valence-electron chi connectivity index (χ4n) is 1.85. The number of rotatable bonds is 2. The van der Waals surface area contributed by atoms with Crippen molar-refractivity contribution in [2.45, 2.75) is 24.9 Å². The van der Waals surface area contributed by atoms with Crippen molar-refractivity contribution in [2.24, 2.45) is 0 Å². The van der Waals surface area contributed by atoms with Gasteiger partial charge < -0.3 is 14.9 Å². The molecule has 0 aromatic heterocycles. The number of amides is 1. The zero-order valence-electron chi connectivity index (χ0n) is 9.07. The highest BCUT2D eigenvalue weighted by Gasteiger charge is 2.42. The van der Waals surface area contributed by atoms with E-state index in [1.165, 1.54) is 17.2 Å². The maximum absolute atomic E-state index is 11.6. The topological polar surface area (TPSA) is 87.1 Å². The number of aliphatic hydroxyl groups excluding tert-OH is 2. The Hall–Kier alpha value is -1.50. The monoisotopic (exact) mass is 239 g/mol. The lowest BCUT2D eigenvalue weighted by atomic mass is 10.1. The van der Waals surface area contributed by atoms with Crippen LogP contribution >= 0.6 is 0 Å². The minimum atomic E-state index is -1.01. The average Bonchev–Trinajstić information content (AvgIpc) is 2.57. The van der Waals surface area contributed by atoms with Gasteiger partial charge in [-0.2, -0.15) is 0 Å². The Morgan fingerprint density at radius 3 is 2.76 bits per heavy atom. The van der Waals surface area contributed by atoms with Crippen LogP contribution in [0.4, 0.5) is 0 Å². The molecule has 2 rings (SSSR count). The molecule has 2 aliphatic heterocycles. The number of aliphatic hydroxyl groups is 2. The minimum absolute atomic E-state index is 0.219. The number of ether oxygens (including phenoxy) is 1. The van der Waals surface area contributed by atoms with Gasteiger partial charge in [0.2, 0.25) is 5.91 Å². The Balaban J connectivity index is 2.19. The molecule has 0 aromatic carbocycles. The predicted octanol–water partition coefficient (Wildman–Crippen LogP) is -1.06. The highest BCUT2D eigenvalue weighted by atomic mass is 16.5. The molecule has 0 spiro atoms. The van der Waals surface area contributed by atoms with E-state index in [-0.39, 0.29) is 18.8 Å². The second-order valence-electron chi connectivity index (χ2n) is 3.99. The van der Waals surface area contributed by atoms with Crippen LogP contribution in [0, 0.1) is 0 Å². The molecule has 6 nitrogen and oxygen atoms in total. The maximum atomic E-state index is 11.6. The van der Waals surface area contributed by atoms with Gasteiger partial charge in [0, 0.05) is 11.8 Å². The summed E-state index contributed by atoms with van der Waals surface area (Å²) in [6.45, 7) is 3.28. The summed E-state index contributed by atoms with van der Waals surface area (Å²) in [6, 6.07) is 0. The third-order valence-electron chi connectivity index (χ3n) is 2.82. The first-order valence-electron chi connectivity index (χ1n) is 5.20. The molecule has 2 N–H and O–H groups in total. The SMILES string of the molecule is C=C1[C@H](N2C=CC(=O)CC2=O)O[C@H](CO)[C@H]1O. The normalized spacial score (nSPS) is 33.6. The van der Waals surface area contributed by atoms with Gasteiger partial charge in [-0.3, -0.25) is 14.5 Å². The number of hydrogen-bond donors (Lipinski definition) is 2. The van der Waals surface area contributed by atoms with E-state index in [9.17, 15) is 14.7 Å². The van der Waals surface area contributed by atoms with Crippen LogP contribution in [0.15, 0.2) is 24.4 Å². The van der Waals surface area contributed by atoms with Crippen molar-refractivity contribution in [2.75, 3.05) is 6.61 Å². The van der Waals surface area contributed by atoms with Crippen LogP contribution in [-0.4, -0.2) is 51.8 Å². The highest BCUT2D eigenvalue weighted by molar-refractivity contribution is 6.06. The van der Waals surface area contributed by atoms with Gasteiger partial charge in [-0.15, -0.1) is 0 Å². The number of ketones is 1. The number of allylic oxidation sites excluding steroid dienone is 1. The van der Waals surface area contributed by atoms with Gasteiger partial charge in [0.25, 0.3) is 0 Å². The van der Waals surface area contributed by atoms with E-state index in [1.807, 2.05) is 0 Å². The molecule has 0 aliphatic carbocycles. The Kier molecular flexibility index (Phi) is 3.10. The van der Waals surface area contributed by atoms with Crippen molar-refractivity contribution in [1.29, 1.82) is 0 Å². The summed E-state index contributed by atoms with van der Waals surface area (Å²) in [5.74, 6) is -0.677. The van der Waals surface area contributed by atoms with Gasteiger partial charge in [-0.25, -0.2) is 0 Å². The van der Waals surface area contributed by atoms with E-state index >= 15 is 0 Å². The molecule has 2 aliphatic rings. The van der Waals surface area contributed by atoms with E-state index in [0.717, 1.165) is 0 Å². The van der Waals surface area contributed by atoms with E-state index in [1.54, 1.807) is 0 Å². The highest BCUT2D eigenvalue weighted by Crippen LogP contribution is 2.29. The molecular weight excluding hydrogens is 226 g/mol. The van der Waals surface area contributed by atoms with Crippen molar-refractivity contribution < 1.29 is 24.5 Å². The Morgan fingerprint density at radius 1 is 1.53 bits per heavy atom. The van der Waals surface area contributed by atoms with Crippen LogP contribution in [0.5, 0.6) is 0 Å². The zero-order chi connectivity index (χ0) is 12.6. The summed E-state index contributed by atoms with van der Waals surface area (Å²) in [4.78, 5) is 23.9. The fourth-order valence-corrected chi connectivity index (χ4v) is 1.85. The van der Waals surface area contributed by atoms with Crippen LogP contribution in [0.3, 0.4) is 0 Å². The Labute approximate surface area is 97.8 Å². The van der Waals surface area contributed by atoms with Crippen LogP contribution in [0.25, 0.3) is 0 Å². The number of carbonyl (C=O) groups excluding carboxylic acids is 2. The smallest absolute Gasteiger partial charge is 0.236 e. The van der Waals surface area contributed by atoms with Crippen LogP contribution < -0.4 is 0 Å². The molecule has 92 valence electrons. The predicted molar refractivity (Wildman–Crippen MR) is 56.5 cm³/mol. The van der Waals surface area contributed by atoms with Gasteiger partial charge in [-0.1, -0.05) is 6.58 Å². The Morgan fingerprint density at radius 2 is 2.24 bits per heavy atom. The number of nitrogens with zero attached hydrogens (tertiary/aromatic N) is 1. The standard InChI is InChI=1S/C11H13NO5/c1-6-10(16)8(5-13)17-11(6)12-3-2-7(14)4-9(12)15/h2-3,8,10-11,13,16H,1,4-5H2/t8-,10+,11-/m1/s1. The first-order chi connectivity index (χ1) is 8.04. The van der Waals surface area contributed by atoms with Crippen molar-refractivity contribution in [3.63, 3.8) is 0 Å². The summed E-state index contributed by atoms with van der Waals surface area (Å²) in [5, 5.41) is 18.7. The molecule has 1 saturated heterocycles. The second kappa shape index (κ2) is 4.40. The molecule has 0 saturated carbocycles. The summed E-state index contributed by atoms with van der Waals surface area (Å²) >= 11 is 0. The molecule has 2 heterocycles. The van der Waals surface area contributed by atoms with Crippen molar-refractivity contribution in [3.05, 3.63) is 24.4 Å². The van der Waals surface area contributed by atoms with Gasteiger partial charge in [-0.05, 0) is 6.08 Å². The third kappa shape index (κ3) is 2.02. The minimum Gasteiger partial charge on any atom is -0.394 e. The number of hydrogen-bond acceptors (Lipinski definition) is 5. The lowest BCUT2D eigenvalue weighted by molar-refractivity contribution is -0.142. The van der Waals surface area contributed by atoms with Crippen LogP contribution in [-0.2, 0) is 14.3 Å². The largest absolute Gasteiger partial charge is 0.394 e. The van der Waals surface area contributed by atoms with Gasteiger partial charge >= 0.3 is 0 Å². The van der Waals surface area contributed by atoms with Crippen molar-refractivity contribution in [3.8, 4) is 0 Å². The molecule has 6 heteroatoms. The molecule has 0 bridgehead atoms. The van der Waals surface area contributed by atoms with Crippen LogP contribution in [0.2, 0.25) is 0 Å². The zero-order valence-corrected chi connectivity index (χ0v) is 9.07. The first-order valence-corrected chi connectivity index (χ1v) is 5.20. The summed E-state index contributed by atoms with van der Waals surface area (Å²) in [6.07, 6.45) is -0.245. The van der Waals surface area contributed by atoms with E-state index < -0.39 is 24.3 Å². The fraction of sp³-hybridized carbons (Fsp3) is 0.455. The van der Waals surface area contributed by atoms with E-state index in [4.69, 9.17) is 9.84 Å². The molecular formula is C11H13NO5. The van der Waals surface area contributed by atoms with Crippen molar-refractivity contribution >= 4 is 11.7 Å². The lowest BCUT2D eigenvalue weighted by Crippen LogP contribution is -2.40. The quantitative estimate of drug-likeness (QED) is 0.473. The molecule has 0 aromatic rings.